The summed E-state index contributed by atoms with van der Waals surface area (Å²) in [5.74, 6) is -0.328. The minimum Gasteiger partial charge on any atom is -0.462 e. The molecule has 0 saturated carbocycles. The first-order valence-corrected chi connectivity index (χ1v) is 9.50. The molecule has 1 aliphatic rings. The van der Waals surface area contributed by atoms with Gasteiger partial charge >= 0.3 is 5.97 Å². The number of esters is 1. The zero-order valence-corrected chi connectivity index (χ0v) is 15.9. The van der Waals surface area contributed by atoms with Gasteiger partial charge in [-0.05, 0) is 37.3 Å². The van der Waals surface area contributed by atoms with E-state index in [0.717, 1.165) is 54.5 Å². The lowest BCUT2D eigenvalue weighted by atomic mass is 10.1. The predicted molar refractivity (Wildman–Crippen MR) is 108 cm³/mol. The van der Waals surface area contributed by atoms with Crippen LogP contribution in [0, 0.1) is 0 Å². The average Bonchev–Trinajstić information content (AvgIpc) is 3.21. The minimum absolute atomic E-state index is 0.328. The number of rotatable bonds is 5. The number of H-pyrrole nitrogens is 1. The smallest absolute Gasteiger partial charge is 0.340 e. The fourth-order valence-electron chi connectivity index (χ4n) is 3.42. The van der Waals surface area contributed by atoms with E-state index < -0.39 is 0 Å². The summed E-state index contributed by atoms with van der Waals surface area (Å²) in [5, 5.41) is 0. The van der Waals surface area contributed by atoms with Gasteiger partial charge in [0.1, 0.15) is 0 Å². The second-order valence-electron chi connectivity index (χ2n) is 6.58. The van der Waals surface area contributed by atoms with Crippen molar-refractivity contribution in [3.8, 4) is 22.5 Å². The molecule has 2 aromatic heterocycles. The summed E-state index contributed by atoms with van der Waals surface area (Å²) in [4.78, 5) is 22.4. The molecule has 0 atom stereocenters. The first kappa shape index (κ1) is 18.3. The van der Waals surface area contributed by atoms with Crippen molar-refractivity contribution in [2.75, 3.05) is 37.8 Å². The highest BCUT2D eigenvalue weighted by Gasteiger charge is 2.20. The van der Waals surface area contributed by atoms with E-state index >= 15 is 0 Å². The summed E-state index contributed by atoms with van der Waals surface area (Å²) < 4.78 is 10.7. The van der Waals surface area contributed by atoms with Crippen molar-refractivity contribution in [3.05, 3.63) is 60.4 Å². The van der Waals surface area contributed by atoms with Crippen LogP contribution in [0.1, 0.15) is 17.3 Å². The van der Waals surface area contributed by atoms with Gasteiger partial charge in [0.2, 0.25) is 0 Å². The van der Waals surface area contributed by atoms with Gasteiger partial charge in [-0.1, -0.05) is 12.1 Å². The molecule has 144 valence electrons. The van der Waals surface area contributed by atoms with Gasteiger partial charge in [0, 0.05) is 48.0 Å². The molecule has 4 rings (SSSR count). The summed E-state index contributed by atoms with van der Waals surface area (Å²) in [5.41, 5.74) is 5.20. The van der Waals surface area contributed by atoms with E-state index in [0.29, 0.717) is 12.2 Å². The van der Waals surface area contributed by atoms with E-state index in [9.17, 15) is 4.79 Å². The van der Waals surface area contributed by atoms with Crippen molar-refractivity contribution in [1.82, 2.24) is 9.97 Å². The van der Waals surface area contributed by atoms with Gasteiger partial charge in [0.15, 0.2) is 0 Å². The maximum absolute atomic E-state index is 12.6. The highest BCUT2D eigenvalue weighted by molar-refractivity contribution is 5.98. The van der Waals surface area contributed by atoms with Crippen LogP contribution in [0.4, 0.5) is 5.69 Å². The van der Waals surface area contributed by atoms with Crippen molar-refractivity contribution in [2.24, 2.45) is 0 Å². The van der Waals surface area contributed by atoms with Gasteiger partial charge in [-0.3, -0.25) is 4.98 Å². The number of carbonyl (C=O) groups is 1. The van der Waals surface area contributed by atoms with Gasteiger partial charge in [0.25, 0.3) is 0 Å². The van der Waals surface area contributed by atoms with Gasteiger partial charge in [-0.15, -0.1) is 0 Å². The second kappa shape index (κ2) is 8.27. The number of carbonyl (C=O) groups excluding carboxylic acids is 1. The van der Waals surface area contributed by atoms with Crippen LogP contribution < -0.4 is 4.90 Å². The van der Waals surface area contributed by atoms with E-state index in [1.807, 2.05) is 37.3 Å². The number of morpholine rings is 1. The Hall–Kier alpha value is -3.12. The molecular formula is C22H23N3O3. The summed E-state index contributed by atoms with van der Waals surface area (Å²) in [6.07, 6.45) is 3.47. The fourth-order valence-corrected chi connectivity index (χ4v) is 3.42. The van der Waals surface area contributed by atoms with Crippen molar-refractivity contribution in [3.63, 3.8) is 0 Å². The zero-order chi connectivity index (χ0) is 19.3. The first-order chi connectivity index (χ1) is 13.8. The topological polar surface area (TPSA) is 67.5 Å². The van der Waals surface area contributed by atoms with E-state index in [1.54, 1.807) is 12.4 Å². The lowest BCUT2D eigenvalue weighted by Gasteiger charge is -2.29. The SMILES string of the molecule is CCOC(=O)c1cc(-c2ccncc2)[nH]c1-c1cccc(N2CCOCC2)c1. The van der Waals surface area contributed by atoms with E-state index in [2.05, 4.69) is 27.0 Å². The van der Waals surface area contributed by atoms with Crippen LogP contribution in [0.15, 0.2) is 54.9 Å². The molecular weight excluding hydrogens is 354 g/mol. The van der Waals surface area contributed by atoms with Crippen molar-refractivity contribution < 1.29 is 14.3 Å². The Labute approximate surface area is 164 Å². The van der Waals surface area contributed by atoms with Crippen LogP contribution in [0.2, 0.25) is 0 Å². The number of pyridine rings is 1. The summed E-state index contributed by atoms with van der Waals surface area (Å²) in [7, 11) is 0. The zero-order valence-electron chi connectivity index (χ0n) is 15.9. The Bertz CT molecular complexity index is 947. The Morgan fingerprint density at radius 2 is 1.93 bits per heavy atom. The Balaban J connectivity index is 1.75. The molecule has 0 radical (unpaired) electrons. The average molecular weight is 377 g/mol. The minimum atomic E-state index is -0.328. The normalized spacial score (nSPS) is 14.1. The van der Waals surface area contributed by atoms with Crippen LogP contribution in [0.3, 0.4) is 0 Å². The van der Waals surface area contributed by atoms with E-state index in [1.165, 1.54) is 0 Å². The number of nitrogens with one attached hydrogen (secondary N) is 1. The number of hydrogen-bond donors (Lipinski definition) is 1. The van der Waals surface area contributed by atoms with Crippen LogP contribution >= 0.6 is 0 Å². The molecule has 6 nitrogen and oxygen atoms in total. The molecule has 1 N–H and O–H groups in total. The standard InChI is InChI=1S/C22H23N3O3/c1-2-28-22(26)19-15-20(16-6-8-23-9-7-16)24-21(19)17-4-3-5-18(14-17)25-10-12-27-13-11-25/h3-9,14-15,24H,2,10-13H2,1H3. The third-order valence-corrected chi connectivity index (χ3v) is 4.82. The van der Waals surface area contributed by atoms with Gasteiger partial charge in [-0.2, -0.15) is 0 Å². The monoisotopic (exact) mass is 377 g/mol. The predicted octanol–water partition coefficient (Wildman–Crippen LogP) is 3.76. The van der Waals surface area contributed by atoms with Gasteiger partial charge < -0.3 is 19.4 Å². The maximum atomic E-state index is 12.6. The first-order valence-electron chi connectivity index (χ1n) is 9.50. The molecule has 0 amide bonds. The van der Waals surface area contributed by atoms with Crippen molar-refractivity contribution in [2.45, 2.75) is 6.92 Å². The molecule has 0 unspecified atom stereocenters. The Kier molecular flexibility index (Phi) is 5.39. The number of benzene rings is 1. The molecule has 0 bridgehead atoms. The molecule has 0 aliphatic carbocycles. The third kappa shape index (κ3) is 3.77. The lowest BCUT2D eigenvalue weighted by Crippen LogP contribution is -2.36. The van der Waals surface area contributed by atoms with Crippen LogP contribution in [-0.2, 0) is 9.47 Å². The van der Waals surface area contributed by atoms with Crippen LogP contribution in [0.25, 0.3) is 22.5 Å². The van der Waals surface area contributed by atoms with E-state index in [-0.39, 0.29) is 5.97 Å². The summed E-state index contributed by atoms with van der Waals surface area (Å²) >= 11 is 0. The quantitative estimate of drug-likeness (QED) is 0.686. The fraction of sp³-hybridized carbons (Fsp3) is 0.273. The highest BCUT2D eigenvalue weighted by atomic mass is 16.5. The second-order valence-corrected chi connectivity index (χ2v) is 6.58. The molecule has 6 heteroatoms. The van der Waals surface area contributed by atoms with Crippen LogP contribution in [0.5, 0.6) is 0 Å². The number of aromatic nitrogens is 2. The van der Waals surface area contributed by atoms with Crippen molar-refractivity contribution in [1.29, 1.82) is 0 Å². The molecule has 1 aliphatic heterocycles. The third-order valence-electron chi connectivity index (χ3n) is 4.82. The molecule has 0 spiro atoms. The van der Waals surface area contributed by atoms with Crippen molar-refractivity contribution >= 4 is 11.7 Å². The molecule has 1 aromatic carbocycles. The highest BCUT2D eigenvalue weighted by Crippen LogP contribution is 2.31. The van der Waals surface area contributed by atoms with Gasteiger partial charge in [0.05, 0.1) is 31.1 Å². The molecule has 1 fully saturated rings. The van der Waals surface area contributed by atoms with Gasteiger partial charge in [-0.25, -0.2) is 4.79 Å². The Morgan fingerprint density at radius 1 is 1.14 bits per heavy atom. The number of hydrogen-bond acceptors (Lipinski definition) is 5. The summed E-state index contributed by atoms with van der Waals surface area (Å²) in [6, 6.07) is 13.9. The molecule has 3 aromatic rings. The number of aromatic amines is 1. The van der Waals surface area contributed by atoms with E-state index in [4.69, 9.17) is 9.47 Å². The largest absolute Gasteiger partial charge is 0.462 e. The molecule has 3 heterocycles. The molecule has 1 saturated heterocycles. The maximum Gasteiger partial charge on any atom is 0.340 e. The number of nitrogens with zero attached hydrogens (tertiary/aromatic N) is 2. The molecule has 28 heavy (non-hydrogen) atoms. The lowest BCUT2D eigenvalue weighted by molar-refractivity contribution is 0.0527. The van der Waals surface area contributed by atoms with Crippen LogP contribution in [-0.4, -0.2) is 48.8 Å². The number of anilines is 1. The number of ether oxygens (including phenoxy) is 2. The Morgan fingerprint density at radius 3 is 2.68 bits per heavy atom. The summed E-state index contributed by atoms with van der Waals surface area (Å²) in [6.45, 7) is 5.33.